The first-order valence-electron chi connectivity index (χ1n) is 6.16. The molecule has 0 radical (unpaired) electrons. The van der Waals surface area contributed by atoms with Crippen molar-refractivity contribution in [2.75, 3.05) is 31.9 Å². The van der Waals surface area contributed by atoms with Crippen LogP contribution in [0.4, 0.5) is 0 Å². The molecular weight excluding hydrogens is 248 g/mol. The molecule has 1 aromatic rings. The van der Waals surface area contributed by atoms with Gasteiger partial charge in [0.25, 0.3) is 0 Å². The lowest BCUT2D eigenvalue weighted by atomic mass is 10.3. The first kappa shape index (κ1) is 13.2. The number of amides is 1. The Morgan fingerprint density at radius 2 is 2.06 bits per heavy atom. The van der Waals surface area contributed by atoms with Crippen LogP contribution in [0.2, 0.25) is 0 Å². The number of aromatic hydroxyl groups is 1. The van der Waals surface area contributed by atoms with Crippen LogP contribution in [0, 0.1) is 0 Å². The molecule has 0 bridgehead atoms. The van der Waals surface area contributed by atoms with Crippen LogP contribution in [-0.4, -0.2) is 47.8 Å². The topological polar surface area (TPSA) is 52.6 Å². The third-order valence-electron chi connectivity index (χ3n) is 2.89. The van der Waals surface area contributed by atoms with E-state index < -0.39 is 0 Å². The van der Waals surface area contributed by atoms with Crippen LogP contribution in [0.15, 0.2) is 29.2 Å². The lowest BCUT2D eigenvalue weighted by Gasteiger charge is -2.19. The van der Waals surface area contributed by atoms with Gasteiger partial charge in [0.05, 0.1) is 5.75 Å². The quantitative estimate of drug-likeness (QED) is 0.810. The number of benzene rings is 1. The van der Waals surface area contributed by atoms with Crippen LogP contribution in [0.5, 0.6) is 5.75 Å². The van der Waals surface area contributed by atoms with Crippen molar-refractivity contribution in [3.63, 3.8) is 0 Å². The van der Waals surface area contributed by atoms with Crippen molar-refractivity contribution in [2.24, 2.45) is 0 Å². The second-order valence-electron chi connectivity index (χ2n) is 4.27. The Bertz CT molecular complexity index is 386. The van der Waals surface area contributed by atoms with Crippen LogP contribution in [0.1, 0.15) is 6.42 Å². The molecule has 0 aromatic heterocycles. The lowest BCUT2D eigenvalue weighted by molar-refractivity contribution is -0.128. The molecule has 1 fully saturated rings. The summed E-state index contributed by atoms with van der Waals surface area (Å²) < 4.78 is 0. The summed E-state index contributed by atoms with van der Waals surface area (Å²) in [5.41, 5.74) is 0. The maximum Gasteiger partial charge on any atom is 0.232 e. The molecule has 98 valence electrons. The van der Waals surface area contributed by atoms with Gasteiger partial charge >= 0.3 is 0 Å². The van der Waals surface area contributed by atoms with Crippen LogP contribution in [-0.2, 0) is 4.79 Å². The molecule has 5 heteroatoms. The second kappa shape index (κ2) is 6.66. The number of nitrogens with one attached hydrogen (secondary N) is 1. The molecule has 1 aliphatic rings. The summed E-state index contributed by atoms with van der Waals surface area (Å²) in [6.45, 7) is 3.53. The van der Waals surface area contributed by atoms with Crippen LogP contribution >= 0.6 is 11.8 Å². The summed E-state index contributed by atoms with van der Waals surface area (Å²) in [7, 11) is 0. The molecule has 0 saturated carbocycles. The van der Waals surface area contributed by atoms with E-state index in [0.29, 0.717) is 5.75 Å². The Morgan fingerprint density at radius 1 is 1.28 bits per heavy atom. The third-order valence-corrected chi connectivity index (χ3v) is 3.89. The number of nitrogens with zero attached hydrogens (tertiary/aromatic N) is 1. The Labute approximate surface area is 111 Å². The number of hydrogen-bond donors (Lipinski definition) is 2. The van der Waals surface area contributed by atoms with E-state index in [1.54, 1.807) is 12.1 Å². The Morgan fingerprint density at radius 3 is 2.83 bits per heavy atom. The molecule has 2 rings (SSSR count). The number of thioether (sulfide) groups is 1. The molecule has 0 spiro atoms. The van der Waals surface area contributed by atoms with Gasteiger partial charge in [-0.05, 0) is 37.2 Å². The number of carbonyl (C=O) groups excluding carboxylic acids is 1. The smallest absolute Gasteiger partial charge is 0.232 e. The van der Waals surface area contributed by atoms with Crippen molar-refractivity contribution in [3.05, 3.63) is 24.3 Å². The van der Waals surface area contributed by atoms with Crippen molar-refractivity contribution in [2.45, 2.75) is 11.3 Å². The van der Waals surface area contributed by atoms with Gasteiger partial charge in [0, 0.05) is 24.5 Å². The van der Waals surface area contributed by atoms with E-state index in [1.807, 2.05) is 17.0 Å². The fourth-order valence-corrected chi connectivity index (χ4v) is 2.68. The van der Waals surface area contributed by atoms with Crippen LogP contribution in [0.25, 0.3) is 0 Å². The highest BCUT2D eigenvalue weighted by Crippen LogP contribution is 2.21. The zero-order chi connectivity index (χ0) is 12.8. The van der Waals surface area contributed by atoms with E-state index in [1.165, 1.54) is 11.8 Å². The van der Waals surface area contributed by atoms with Gasteiger partial charge in [-0.25, -0.2) is 0 Å². The van der Waals surface area contributed by atoms with Crippen LogP contribution in [0.3, 0.4) is 0 Å². The molecule has 1 heterocycles. The van der Waals surface area contributed by atoms with Crippen molar-refractivity contribution >= 4 is 17.7 Å². The summed E-state index contributed by atoms with van der Waals surface area (Å²) in [6.07, 6.45) is 1.02. The van der Waals surface area contributed by atoms with Gasteiger partial charge < -0.3 is 15.3 Å². The van der Waals surface area contributed by atoms with Gasteiger partial charge in [-0.1, -0.05) is 0 Å². The predicted octanol–water partition coefficient (Wildman–Crippen LogP) is 1.31. The summed E-state index contributed by atoms with van der Waals surface area (Å²) in [6, 6.07) is 6.94. The van der Waals surface area contributed by atoms with Gasteiger partial charge in [0.1, 0.15) is 5.75 Å². The summed E-state index contributed by atoms with van der Waals surface area (Å²) in [4.78, 5) is 15.0. The summed E-state index contributed by atoms with van der Waals surface area (Å²) >= 11 is 1.51. The zero-order valence-electron chi connectivity index (χ0n) is 10.3. The van der Waals surface area contributed by atoms with E-state index in [9.17, 15) is 9.90 Å². The fraction of sp³-hybridized carbons (Fsp3) is 0.462. The third kappa shape index (κ3) is 3.92. The molecule has 0 atom stereocenters. The highest BCUT2D eigenvalue weighted by molar-refractivity contribution is 8.00. The minimum Gasteiger partial charge on any atom is -0.508 e. The Balaban J connectivity index is 1.81. The SMILES string of the molecule is O=C(CSc1ccc(O)cc1)N1CCCNCC1. The van der Waals surface area contributed by atoms with Gasteiger partial charge in [0.2, 0.25) is 5.91 Å². The van der Waals surface area contributed by atoms with Gasteiger partial charge in [-0.15, -0.1) is 11.8 Å². The van der Waals surface area contributed by atoms with Gasteiger partial charge in [-0.2, -0.15) is 0 Å². The van der Waals surface area contributed by atoms with Crippen molar-refractivity contribution in [3.8, 4) is 5.75 Å². The molecule has 4 nitrogen and oxygen atoms in total. The Kier molecular flexibility index (Phi) is 4.90. The maximum absolute atomic E-state index is 12.0. The van der Waals surface area contributed by atoms with Crippen molar-refractivity contribution < 1.29 is 9.90 Å². The molecule has 1 amide bonds. The fourth-order valence-electron chi connectivity index (χ4n) is 1.87. The highest BCUT2D eigenvalue weighted by atomic mass is 32.2. The molecule has 0 aliphatic carbocycles. The standard InChI is InChI=1S/C13H18N2O2S/c16-11-2-4-12(5-3-11)18-10-13(17)15-8-1-6-14-7-9-15/h2-5,14,16H,1,6-10H2. The summed E-state index contributed by atoms with van der Waals surface area (Å²) in [5, 5.41) is 12.5. The Hall–Kier alpha value is -1.20. The summed E-state index contributed by atoms with van der Waals surface area (Å²) in [5.74, 6) is 0.908. The van der Waals surface area contributed by atoms with E-state index in [0.717, 1.165) is 37.5 Å². The molecule has 1 saturated heterocycles. The minimum absolute atomic E-state index is 0.191. The average molecular weight is 266 g/mol. The average Bonchev–Trinajstić information content (AvgIpc) is 2.66. The van der Waals surface area contributed by atoms with Crippen molar-refractivity contribution in [1.29, 1.82) is 0 Å². The maximum atomic E-state index is 12.0. The number of phenols is 1. The molecule has 18 heavy (non-hydrogen) atoms. The number of hydrogen-bond acceptors (Lipinski definition) is 4. The second-order valence-corrected chi connectivity index (χ2v) is 5.32. The van der Waals surface area contributed by atoms with E-state index >= 15 is 0 Å². The minimum atomic E-state index is 0.191. The van der Waals surface area contributed by atoms with Crippen molar-refractivity contribution in [1.82, 2.24) is 10.2 Å². The lowest BCUT2D eigenvalue weighted by Crippen LogP contribution is -2.35. The van der Waals surface area contributed by atoms with Gasteiger partial charge in [0.15, 0.2) is 0 Å². The molecular formula is C13H18N2O2S. The van der Waals surface area contributed by atoms with Gasteiger partial charge in [-0.3, -0.25) is 4.79 Å². The first-order valence-corrected chi connectivity index (χ1v) is 7.14. The van der Waals surface area contributed by atoms with Crippen LogP contribution < -0.4 is 5.32 Å². The number of phenolic OH excluding ortho intramolecular Hbond substituents is 1. The number of rotatable bonds is 3. The highest BCUT2D eigenvalue weighted by Gasteiger charge is 2.15. The molecule has 1 aromatic carbocycles. The molecule has 1 aliphatic heterocycles. The van der Waals surface area contributed by atoms with E-state index in [-0.39, 0.29) is 11.7 Å². The van der Waals surface area contributed by atoms with E-state index in [4.69, 9.17) is 0 Å². The zero-order valence-corrected chi connectivity index (χ0v) is 11.1. The van der Waals surface area contributed by atoms with E-state index in [2.05, 4.69) is 5.32 Å². The normalized spacial score (nSPS) is 16.3. The molecule has 0 unspecified atom stereocenters. The first-order chi connectivity index (χ1) is 8.75. The predicted molar refractivity (Wildman–Crippen MR) is 72.9 cm³/mol. The molecule has 2 N–H and O–H groups in total. The number of carbonyl (C=O) groups is 1. The largest absolute Gasteiger partial charge is 0.508 e. The monoisotopic (exact) mass is 266 g/mol.